The highest BCUT2D eigenvalue weighted by Gasteiger charge is 2.31. The van der Waals surface area contributed by atoms with Crippen LogP contribution in [0.2, 0.25) is 0 Å². The van der Waals surface area contributed by atoms with Crippen LogP contribution in [0.4, 0.5) is 4.79 Å². The van der Waals surface area contributed by atoms with Crippen LogP contribution in [0.5, 0.6) is 5.75 Å². The van der Waals surface area contributed by atoms with Crippen LogP contribution in [0.25, 0.3) is 0 Å². The molecule has 200 valence electrons. The SMILES string of the molecule is COc1ccc(C[C@@H](C(=O)NCC(=O)O)N(C)C(=O)[C@H](C)NC(=O)[C@@H](C)NC(=O)OC(C)(C)C)cc1. The van der Waals surface area contributed by atoms with E-state index in [2.05, 4.69) is 16.0 Å². The topological polar surface area (TPSA) is 163 Å². The lowest BCUT2D eigenvalue weighted by atomic mass is 10.0. The number of nitrogens with one attached hydrogen (secondary N) is 3. The van der Waals surface area contributed by atoms with Gasteiger partial charge >= 0.3 is 12.1 Å². The molecule has 0 spiro atoms. The molecule has 0 aliphatic rings. The maximum absolute atomic E-state index is 13.1. The molecular weight excluding hydrogens is 472 g/mol. The average molecular weight is 509 g/mol. The Hall–Kier alpha value is -3.83. The molecule has 0 fully saturated rings. The van der Waals surface area contributed by atoms with Crippen molar-refractivity contribution in [2.24, 2.45) is 0 Å². The molecule has 1 aromatic carbocycles. The van der Waals surface area contributed by atoms with Crippen LogP contribution in [0.3, 0.4) is 0 Å². The van der Waals surface area contributed by atoms with Crippen LogP contribution in [0.15, 0.2) is 24.3 Å². The van der Waals surface area contributed by atoms with Gasteiger partial charge in [0.05, 0.1) is 7.11 Å². The summed E-state index contributed by atoms with van der Waals surface area (Å²) in [5.41, 5.74) is -0.0374. The molecular formula is C24H36N4O8. The molecule has 0 radical (unpaired) electrons. The second-order valence-corrected chi connectivity index (χ2v) is 9.23. The van der Waals surface area contributed by atoms with E-state index >= 15 is 0 Å². The number of methoxy groups -OCH3 is 1. The molecule has 12 nitrogen and oxygen atoms in total. The number of amides is 4. The van der Waals surface area contributed by atoms with E-state index in [1.54, 1.807) is 45.0 Å². The highest BCUT2D eigenvalue weighted by Crippen LogP contribution is 2.15. The fourth-order valence-corrected chi connectivity index (χ4v) is 3.08. The number of benzene rings is 1. The van der Waals surface area contributed by atoms with E-state index < -0.39 is 60.1 Å². The number of likely N-dealkylation sites (N-methyl/N-ethyl adjacent to an activating group) is 1. The first-order valence-electron chi connectivity index (χ1n) is 11.3. The zero-order valence-corrected chi connectivity index (χ0v) is 21.7. The first-order chi connectivity index (χ1) is 16.6. The quantitative estimate of drug-likeness (QED) is 0.339. The second-order valence-electron chi connectivity index (χ2n) is 9.23. The first-order valence-corrected chi connectivity index (χ1v) is 11.3. The summed E-state index contributed by atoms with van der Waals surface area (Å²) in [5.74, 6) is -2.50. The average Bonchev–Trinajstić information content (AvgIpc) is 2.78. The van der Waals surface area contributed by atoms with Crippen molar-refractivity contribution < 1.29 is 38.6 Å². The van der Waals surface area contributed by atoms with Gasteiger partial charge in [-0.3, -0.25) is 19.2 Å². The molecule has 4 N–H and O–H groups in total. The lowest BCUT2D eigenvalue weighted by molar-refractivity contribution is -0.143. The Labute approximate surface area is 210 Å². The van der Waals surface area contributed by atoms with Gasteiger partial charge in [0.2, 0.25) is 17.7 Å². The predicted octanol–water partition coefficient (Wildman–Crippen LogP) is 0.683. The molecule has 0 aliphatic carbocycles. The van der Waals surface area contributed by atoms with Crippen molar-refractivity contribution in [1.82, 2.24) is 20.9 Å². The summed E-state index contributed by atoms with van der Waals surface area (Å²) in [4.78, 5) is 62.3. The number of hydrogen-bond donors (Lipinski definition) is 4. The molecule has 0 unspecified atom stereocenters. The van der Waals surface area contributed by atoms with Gasteiger partial charge < -0.3 is 35.4 Å². The molecule has 0 saturated heterocycles. The molecule has 0 saturated carbocycles. The van der Waals surface area contributed by atoms with Gasteiger partial charge in [-0.2, -0.15) is 0 Å². The summed E-state index contributed by atoms with van der Waals surface area (Å²) in [6.07, 6.45) is -0.689. The van der Waals surface area contributed by atoms with Gasteiger partial charge in [0.1, 0.15) is 36.0 Å². The van der Waals surface area contributed by atoms with Gasteiger partial charge in [-0.15, -0.1) is 0 Å². The summed E-state index contributed by atoms with van der Waals surface area (Å²) < 4.78 is 10.2. The van der Waals surface area contributed by atoms with E-state index in [9.17, 15) is 24.0 Å². The van der Waals surface area contributed by atoms with Crippen molar-refractivity contribution >= 4 is 29.8 Å². The molecule has 3 atom stereocenters. The fourth-order valence-electron chi connectivity index (χ4n) is 3.08. The Balaban J connectivity index is 2.92. The molecule has 1 aromatic rings. The smallest absolute Gasteiger partial charge is 0.408 e. The van der Waals surface area contributed by atoms with E-state index in [0.29, 0.717) is 11.3 Å². The zero-order chi connectivity index (χ0) is 27.6. The third-order valence-corrected chi connectivity index (χ3v) is 4.98. The van der Waals surface area contributed by atoms with Crippen molar-refractivity contribution in [1.29, 1.82) is 0 Å². The number of carboxylic acids is 1. The summed E-state index contributed by atoms with van der Waals surface area (Å²) in [7, 11) is 2.91. The Bertz CT molecular complexity index is 942. The first kappa shape index (κ1) is 30.2. The third-order valence-electron chi connectivity index (χ3n) is 4.98. The zero-order valence-electron chi connectivity index (χ0n) is 21.7. The van der Waals surface area contributed by atoms with Crippen LogP contribution in [-0.2, 0) is 30.3 Å². The van der Waals surface area contributed by atoms with E-state index in [0.717, 1.165) is 4.90 Å². The summed E-state index contributed by atoms with van der Waals surface area (Å²) in [6.45, 7) is 7.32. The Morgan fingerprint density at radius 1 is 0.972 bits per heavy atom. The number of ether oxygens (including phenoxy) is 2. The molecule has 0 bridgehead atoms. The lowest BCUT2D eigenvalue weighted by Gasteiger charge is -2.30. The third kappa shape index (κ3) is 10.2. The second kappa shape index (κ2) is 13.3. The van der Waals surface area contributed by atoms with E-state index in [4.69, 9.17) is 14.6 Å². The molecule has 0 heterocycles. The highest BCUT2D eigenvalue weighted by molar-refractivity contribution is 5.94. The molecule has 0 aliphatic heterocycles. The predicted molar refractivity (Wildman–Crippen MR) is 130 cm³/mol. The van der Waals surface area contributed by atoms with E-state index in [1.165, 1.54) is 28.0 Å². The Morgan fingerprint density at radius 3 is 2.06 bits per heavy atom. The normalized spacial score (nSPS) is 13.4. The maximum atomic E-state index is 13.1. The largest absolute Gasteiger partial charge is 0.497 e. The number of carbonyl (C=O) groups is 5. The van der Waals surface area contributed by atoms with Crippen LogP contribution >= 0.6 is 0 Å². The van der Waals surface area contributed by atoms with Gasteiger partial charge in [0.15, 0.2) is 0 Å². The standard InChI is InChI=1S/C24H36N4O8/c1-14(27-23(34)36-24(3,4)5)20(31)26-15(2)22(33)28(6)18(21(32)25-13-19(29)30)12-16-8-10-17(35-7)11-9-16/h8-11,14-15,18H,12-13H2,1-7H3,(H,25,32)(H,26,31)(H,27,34)(H,29,30)/t14-,15+,18+/m1/s1. The number of aliphatic carboxylic acids is 1. The molecule has 0 aromatic heterocycles. The van der Waals surface area contributed by atoms with Crippen molar-refractivity contribution in [2.45, 2.75) is 64.8 Å². The van der Waals surface area contributed by atoms with Crippen molar-refractivity contribution in [3.05, 3.63) is 29.8 Å². The number of rotatable bonds is 11. The van der Waals surface area contributed by atoms with Crippen molar-refractivity contribution in [2.75, 3.05) is 20.7 Å². The van der Waals surface area contributed by atoms with Crippen molar-refractivity contribution in [3.63, 3.8) is 0 Å². The van der Waals surface area contributed by atoms with E-state index in [-0.39, 0.29) is 6.42 Å². The minimum absolute atomic E-state index is 0.0922. The Kier molecular flexibility index (Phi) is 11.2. The van der Waals surface area contributed by atoms with E-state index in [1.807, 2.05) is 0 Å². The fraction of sp³-hybridized carbons (Fsp3) is 0.542. The summed E-state index contributed by atoms with van der Waals surface area (Å²) in [6, 6.07) is 3.76. The van der Waals surface area contributed by atoms with Gasteiger partial charge in [0.25, 0.3) is 0 Å². The number of carbonyl (C=O) groups excluding carboxylic acids is 4. The van der Waals surface area contributed by atoms with Crippen LogP contribution < -0.4 is 20.7 Å². The monoisotopic (exact) mass is 508 g/mol. The minimum Gasteiger partial charge on any atom is -0.497 e. The van der Waals surface area contributed by atoms with Crippen LogP contribution in [-0.4, -0.2) is 84.2 Å². The molecule has 1 rings (SSSR count). The number of carboxylic acid groups (broad SMARTS) is 1. The Morgan fingerprint density at radius 2 is 1.56 bits per heavy atom. The molecule has 12 heteroatoms. The number of hydrogen-bond acceptors (Lipinski definition) is 7. The molecule has 36 heavy (non-hydrogen) atoms. The minimum atomic E-state index is -1.23. The number of nitrogens with zero attached hydrogens (tertiary/aromatic N) is 1. The van der Waals surface area contributed by atoms with Crippen molar-refractivity contribution in [3.8, 4) is 5.75 Å². The molecule has 4 amide bonds. The van der Waals surface area contributed by atoms with Gasteiger partial charge in [-0.05, 0) is 52.3 Å². The lowest BCUT2D eigenvalue weighted by Crippen LogP contribution is -2.56. The number of alkyl carbamates (subject to hydrolysis) is 1. The van der Waals surface area contributed by atoms with Crippen LogP contribution in [0, 0.1) is 0 Å². The van der Waals surface area contributed by atoms with Gasteiger partial charge in [-0.25, -0.2) is 4.79 Å². The van der Waals surface area contributed by atoms with Gasteiger partial charge in [0, 0.05) is 13.5 Å². The van der Waals surface area contributed by atoms with Gasteiger partial charge in [-0.1, -0.05) is 12.1 Å². The highest BCUT2D eigenvalue weighted by atomic mass is 16.6. The maximum Gasteiger partial charge on any atom is 0.408 e. The summed E-state index contributed by atoms with van der Waals surface area (Å²) in [5, 5.41) is 16.1. The summed E-state index contributed by atoms with van der Waals surface area (Å²) >= 11 is 0. The van der Waals surface area contributed by atoms with Crippen LogP contribution in [0.1, 0.15) is 40.2 Å².